The maximum absolute atomic E-state index is 12.3. The lowest BCUT2D eigenvalue weighted by molar-refractivity contribution is -0.275. The number of carbonyl (C=O) groups excluding carboxylic acids is 1. The van der Waals surface area contributed by atoms with Crippen molar-refractivity contribution in [3.8, 4) is 5.75 Å². The molecule has 1 aromatic heterocycles. The molecule has 0 radical (unpaired) electrons. The monoisotopic (exact) mass is 409 g/mol. The molecule has 0 aliphatic carbocycles. The summed E-state index contributed by atoms with van der Waals surface area (Å²) in [7, 11) is 1.14. The molecule has 0 aromatic carbocycles. The number of alkyl halides is 4. The zero-order valence-corrected chi connectivity index (χ0v) is 12.5. The highest BCUT2D eigenvalue weighted by Crippen LogP contribution is 2.31. The van der Waals surface area contributed by atoms with Gasteiger partial charge in [-0.15, -0.1) is 24.8 Å². The maximum atomic E-state index is 12.3. The summed E-state index contributed by atoms with van der Waals surface area (Å²) in [5.74, 6) is -1.18. The van der Waals surface area contributed by atoms with E-state index in [0.29, 0.717) is 5.69 Å². The Kier molecular flexibility index (Phi) is 5.65. The second-order valence-corrected chi connectivity index (χ2v) is 4.62. The molecule has 9 heteroatoms. The summed E-state index contributed by atoms with van der Waals surface area (Å²) in [6, 6.07) is 1.28. The molecule has 0 spiro atoms. The van der Waals surface area contributed by atoms with E-state index in [4.69, 9.17) is 11.6 Å². The zero-order chi connectivity index (χ0) is 14.6. The van der Waals surface area contributed by atoms with Crippen LogP contribution in [0.2, 0.25) is 0 Å². The number of esters is 1. The molecule has 106 valence electrons. The molecule has 0 aliphatic rings. The molecule has 0 N–H and O–H groups in total. The minimum absolute atomic E-state index is 0.0104. The fraction of sp³-hybridized carbons (Fsp3) is 0.400. The van der Waals surface area contributed by atoms with Gasteiger partial charge < -0.3 is 9.47 Å². The standard InChI is InChI=1S/C10H8ClF3INO3/c1-18-7(17)3-5-2-6(4-11)16-9(15)8(5)19-10(12,13)14/h2H,3-4H2,1H3. The molecular formula is C10H8ClF3INO3. The summed E-state index contributed by atoms with van der Waals surface area (Å²) in [6.07, 6.45) is -5.22. The number of aromatic nitrogens is 1. The van der Waals surface area contributed by atoms with Gasteiger partial charge in [0.25, 0.3) is 0 Å². The van der Waals surface area contributed by atoms with E-state index in [1.54, 1.807) is 22.6 Å². The highest BCUT2D eigenvalue weighted by molar-refractivity contribution is 14.1. The van der Waals surface area contributed by atoms with E-state index >= 15 is 0 Å². The van der Waals surface area contributed by atoms with Crippen molar-refractivity contribution in [2.45, 2.75) is 18.7 Å². The van der Waals surface area contributed by atoms with E-state index in [0.717, 1.165) is 7.11 Å². The predicted octanol–water partition coefficient (Wildman–Crippen LogP) is 3.04. The first-order chi connectivity index (χ1) is 8.76. The van der Waals surface area contributed by atoms with Crippen molar-refractivity contribution in [1.82, 2.24) is 4.98 Å². The van der Waals surface area contributed by atoms with Gasteiger partial charge in [-0.05, 0) is 28.7 Å². The molecule has 0 atom stereocenters. The highest BCUT2D eigenvalue weighted by Gasteiger charge is 2.34. The number of ether oxygens (including phenoxy) is 2. The van der Waals surface area contributed by atoms with Crippen LogP contribution < -0.4 is 4.74 Å². The molecule has 0 saturated carbocycles. The largest absolute Gasteiger partial charge is 0.573 e. The van der Waals surface area contributed by atoms with Gasteiger partial charge in [-0.1, -0.05) is 0 Å². The van der Waals surface area contributed by atoms with Gasteiger partial charge in [0.05, 0.1) is 25.1 Å². The number of hydrogen-bond acceptors (Lipinski definition) is 4. The molecule has 4 nitrogen and oxygen atoms in total. The van der Waals surface area contributed by atoms with Crippen LogP contribution in [0.5, 0.6) is 5.75 Å². The Balaban J connectivity index is 3.21. The molecule has 0 fully saturated rings. The summed E-state index contributed by atoms with van der Waals surface area (Å²) in [5, 5.41) is 0. The first-order valence-corrected chi connectivity index (χ1v) is 6.45. The van der Waals surface area contributed by atoms with Crippen molar-refractivity contribution in [3.05, 3.63) is 21.0 Å². The highest BCUT2D eigenvalue weighted by atomic mass is 127. The molecule has 1 rings (SSSR count). The number of carbonyl (C=O) groups is 1. The zero-order valence-electron chi connectivity index (χ0n) is 9.55. The van der Waals surface area contributed by atoms with Gasteiger partial charge in [-0.25, -0.2) is 4.98 Å². The summed E-state index contributed by atoms with van der Waals surface area (Å²) < 4.78 is 45.2. The molecule has 1 heterocycles. The Morgan fingerprint density at radius 3 is 2.63 bits per heavy atom. The first kappa shape index (κ1) is 16.3. The average molecular weight is 410 g/mol. The molecule has 19 heavy (non-hydrogen) atoms. The van der Waals surface area contributed by atoms with Crippen molar-refractivity contribution >= 4 is 40.2 Å². The van der Waals surface area contributed by atoms with Crippen LogP contribution in [0.25, 0.3) is 0 Å². The fourth-order valence-electron chi connectivity index (χ4n) is 1.26. The average Bonchev–Trinajstić information content (AvgIpc) is 2.31. The number of nitrogens with zero attached hydrogens (tertiary/aromatic N) is 1. The van der Waals surface area contributed by atoms with Crippen LogP contribution in [0.15, 0.2) is 6.07 Å². The van der Waals surface area contributed by atoms with Crippen molar-refractivity contribution < 1.29 is 27.4 Å². The van der Waals surface area contributed by atoms with Gasteiger partial charge in [-0.2, -0.15) is 0 Å². The molecule has 1 aromatic rings. The Bertz CT molecular complexity index is 482. The Morgan fingerprint density at radius 1 is 1.53 bits per heavy atom. The smallest absolute Gasteiger partial charge is 0.469 e. The van der Waals surface area contributed by atoms with E-state index in [2.05, 4.69) is 14.5 Å². The van der Waals surface area contributed by atoms with Gasteiger partial charge in [0, 0.05) is 5.56 Å². The second kappa shape index (κ2) is 6.60. The Hall–Kier alpha value is -0.770. The van der Waals surface area contributed by atoms with Crippen LogP contribution in [0.1, 0.15) is 11.3 Å². The third kappa shape index (κ3) is 5.01. The Labute approximate surface area is 125 Å². The Morgan fingerprint density at radius 2 is 2.16 bits per heavy atom. The van der Waals surface area contributed by atoms with Crippen molar-refractivity contribution in [1.29, 1.82) is 0 Å². The topological polar surface area (TPSA) is 48.4 Å². The van der Waals surface area contributed by atoms with Crippen LogP contribution in [0.4, 0.5) is 13.2 Å². The lowest BCUT2D eigenvalue weighted by Gasteiger charge is -2.15. The normalized spacial score (nSPS) is 11.3. The third-order valence-electron chi connectivity index (χ3n) is 1.98. The van der Waals surface area contributed by atoms with Crippen LogP contribution >= 0.6 is 34.2 Å². The van der Waals surface area contributed by atoms with Gasteiger partial charge in [0.2, 0.25) is 0 Å². The minimum Gasteiger partial charge on any atom is -0.469 e. The number of hydrogen-bond donors (Lipinski definition) is 0. The van der Waals surface area contributed by atoms with Crippen LogP contribution in [-0.2, 0) is 21.8 Å². The van der Waals surface area contributed by atoms with Gasteiger partial charge in [0.1, 0.15) is 3.70 Å². The number of pyridine rings is 1. The lowest BCUT2D eigenvalue weighted by atomic mass is 10.1. The van der Waals surface area contributed by atoms with Crippen LogP contribution in [0.3, 0.4) is 0 Å². The first-order valence-electron chi connectivity index (χ1n) is 4.83. The number of methoxy groups -OCH3 is 1. The maximum Gasteiger partial charge on any atom is 0.573 e. The van der Waals surface area contributed by atoms with E-state index in [9.17, 15) is 18.0 Å². The molecular weight excluding hydrogens is 401 g/mol. The number of halogens is 5. The van der Waals surface area contributed by atoms with Gasteiger partial charge >= 0.3 is 12.3 Å². The molecule has 0 unspecified atom stereocenters. The quantitative estimate of drug-likeness (QED) is 0.332. The molecule has 0 aliphatic heterocycles. The molecule has 0 saturated heterocycles. The molecule has 0 bridgehead atoms. The lowest BCUT2D eigenvalue weighted by Crippen LogP contribution is -2.20. The molecule has 0 amide bonds. The van der Waals surface area contributed by atoms with E-state index in [1.165, 1.54) is 6.07 Å². The van der Waals surface area contributed by atoms with Crippen molar-refractivity contribution in [2.24, 2.45) is 0 Å². The van der Waals surface area contributed by atoms with E-state index < -0.39 is 18.1 Å². The fourth-order valence-corrected chi connectivity index (χ4v) is 2.16. The van der Waals surface area contributed by atoms with Gasteiger partial charge in [0.15, 0.2) is 5.75 Å². The van der Waals surface area contributed by atoms with Crippen molar-refractivity contribution in [3.63, 3.8) is 0 Å². The predicted molar refractivity (Wildman–Crippen MR) is 68.9 cm³/mol. The van der Waals surface area contributed by atoms with Crippen LogP contribution in [0, 0.1) is 3.70 Å². The minimum atomic E-state index is -4.87. The summed E-state index contributed by atoms with van der Waals surface area (Å²) in [4.78, 5) is 15.0. The van der Waals surface area contributed by atoms with E-state index in [-0.39, 0.29) is 21.6 Å². The van der Waals surface area contributed by atoms with Crippen LogP contribution in [-0.4, -0.2) is 24.4 Å². The summed E-state index contributed by atoms with van der Waals surface area (Å²) >= 11 is 7.17. The number of rotatable bonds is 4. The second-order valence-electron chi connectivity index (χ2n) is 3.33. The van der Waals surface area contributed by atoms with E-state index in [1.807, 2.05) is 0 Å². The third-order valence-corrected chi connectivity index (χ3v) is 2.98. The summed E-state index contributed by atoms with van der Waals surface area (Å²) in [5.41, 5.74) is 0.374. The van der Waals surface area contributed by atoms with Crippen molar-refractivity contribution in [2.75, 3.05) is 7.11 Å². The summed E-state index contributed by atoms with van der Waals surface area (Å²) in [6.45, 7) is 0. The van der Waals surface area contributed by atoms with Gasteiger partial charge in [-0.3, -0.25) is 4.79 Å². The SMILES string of the molecule is COC(=O)Cc1cc(CCl)nc(I)c1OC(F)(F)F.